The molecule has 0 radical (unpaired) electrons. The predicted molar refractivity (Wildman–Crippen MR) is 94.7 cm³/mol. The number of nitrogens with one attached hydrogen (secondary N) is 1. The SMILES string of the molecule is Cc1nn(-c2ccccc2Cl)c2sc(C(=O)NCCCN)cc12. The van der Waals surface area contributed by atoms with E-state index in [1.165, 1.54) is 11.3 Å². The van der Waals surface area contributed by atoms with Gasteiger partial charge in [-0.2, -0.15) is 5.10 Å². The molecule has 120 valence electrons. The molecule has 0 atom stereocenters. The molecule has 7 heteroatoms. The average molecular weight is 349 g/mol. The highest BCUT2D eigenvalue weighted by atomic mass is 35.5. The summed E-state index contributed by atoms with van der Waals surface area (Å²) in [6, 6.07) is 9.42. The van der Waals surface area contributed by atoms with Crippen molar-refractivity contribution < 1.29 is 4.79 Å². The van der Waals surface area contributed by atoms with E-state index in [0.29, 0.717) is 23.0 Å². The third-order valence-corrected chi connectivity index (χ3v) is 4.94. The van der Waals surface area contributed by atoms with Crippen molar-refractivity contribution >= 4 is 39.1 Å². The van der Waals surface area contributed by atoms with Gasteiger partial charge in [0.15, 0.2) is 0 Å². The van der Waals surface area contributed by atoms with Crippen molar-refractivity contribution in [3.63, 3.8) is 0 Å². The molecule has 23 heavy (non-hydrogen) atoms. The van der Waals surface area contributed by atoms with E-state index in [-0.39, 0.29) is 5.91 Å². The topological polar surface area (TPSA) is 72.9 Å². The zero-order chi connectivity index (χ0) is 16.4. The number of amides is 1. The molecule has 2 aromatic heterocycles. The van der Waals surface area contributed by atoms with Gasteiger partial charge in [-0.25, -0.2) is 4.68 Å². The molecular weight excluding hydrogens is 332 g/mol. The largest absolute Gasteiger partial charge is 0.351 e. The van der Waals surface area contributed by atoms with Crippen LogP contribution in [0.3, 0.4) is 0 Å². The Morgan fingerprint density at radius 1 is 1.43 bits per heavy atom. The number of nitrogens with two attached hydrogens (primary N) is 1. The third-order valence-electron chi connectivity index (χ3n) is 3.52. The Labute approximate surface area is 143 Å². The lowest BCUT2D eigenvalue weighted by Crippen LogP contribution is -2.25. The van der Waals surface area contributed by atoms with Gasteiger partial charge in [0.2, 0.25) is 0 Å². The van der Waals surface area contributed by atoms with Crippen molar-refractivity contribution in [3.05, 3.63) is 45.9 Å². The minimum atomic E-state index is -0.0789. The Morgan fingerprint density at radius 3 is 2.96 bits per heavy atom. The zero-order valence-corrected chi connectivity index (χ0v) is 14.2. The van der Waals surface area contributed by atoms with Crippen LogP contribution in [0.4, 0.5) is 0 Å². The number of halogens is 1. The number of para-hydroxylation sites is 1. The highest BCUT2D eigenvalue weighted by molar-refractivity contribution is 7.20. The summed E-state index contributed by atoms with van der Waals surface area (Å²) in [7, 11) is 0. The lowest BCUT2D eigenvalue weighted by Gasteiger charge is -2.04. The number of benzene rings is 1. The molecule has 0 saturated carbocycles. The number of nitrogens with zero attached hydrogens (tertiary/aromatic N) is 2. The number of thiophene rings is 1. The second kappa shape index (κ2) is 6.70. The summed E-state index contributed by atoms with van der Waals surface area (Å²) in [5.41, 5.74) is 7.13. The fourth-order valence-electron chi connectivity index (χ4n) is 2.34. The summed E-state index contributed by atoms with van der Waals surface area (Å²) in [6.45, 7) is 3.07. The highest BCUT2D eigenvalue weighted by Crippen LogP contribution is 2.32. The quantitative estimate of drug-likeness (QED) is 0.696. The lowest BCUT2D eigenvalue weighted by molar-refractivity contribution is 0.0957. The smallest absolute Gasteiger partial charge is 0.261 e. The van der Waals surface area contributed by atoms with E-state index in [1.54, 1.807) is 4.68 Å². The van der Waals surface area contributed by atoms with Crippen molar-refractivity contribution in [2.75, 3.05) is 13.1 Å². The van der Waals surface area contributed by atoms with Gasteiger partial charge in [0.1, 0.15) is 4.83 Å². The minimum Gasteiger partial charge on any atom is -0.351 e. The second-order valence-corrected chi connectivity index (χ2v) is 6.61. The Bertz CT molecular complexity index is 855. The Kier molecular flexibility index (Phi) is 4.66. The van der Waals surface area contributed by atoms with Crippen LogP contribution in [0, 0.1) is 6.92 Å². The molecule has 3 N–H and O–H groups in total. The zero-order valence-electron chi connectivity index (χ0n) is 12.7. The first-order chi connectivity index (χ1) is 11.1. The molecule has 0 aliphatic rings. The van der Waals surface area contributed by atoms with Gasteiger partial charge < -0.3 is 11.1 Å². The molecule has 0 aliphatic heterocycles. The van der Waals surface area contributed by atoms with E-state index in [1.807, 2.05) is 37.3 Å². The number of aryl methyl sites for hydroxylation is 1. The molecule has 0 spiro atoms. The molecule has 1 aromatic carbocycles. The monoisotopic (exact) mass is 348 g/mol. The standard InChI is InChI=1S/C16H17ClN4OS/c1-10-11-9-14(15(22)19-8-4-7-18)23-16(11)21(20-10)13-6-3-2-5-12(13)17/h2-3,5-6,9H,4,7-8,18H2,1H3,(H,19,22). The summed E-state index contributed by atoms with van der Waals surface area (Å²) in [5, 5.41) is 9.02. The maximum absolute atomic E-state index is 12.2. The first kappa shape index (κ1) is 16.0. The van der Waals surface area contributed by atoms with Crippen LogP contribution >= 0.6 is 22.9 Å². The first-order valence-corrected chi connectivity index (χ1v) is 8.53. The maximum atomic E-state index is 12.2. The summed E-state index contributed by atoms with van der Waals surface area (Å²) < 4.78 is 1.80. The Hall–Kier alpha value is -1.89. The van der Waals surface area contributed by atoms with Crippen molar-refractivity contribution in [1.29, 1.82) is 0 Å². The van der Waals surface area contributed by atoms with Gasteiger partial charge in [-0.15, -0.1) is 11.3 Å². The van der Waals surface area contributed by atoms with Crippen LogP contribution < -0.4 is 11.1 Å². The van der Waals surface area contributed by atoms with Crippen LogP contribution in [0.2, 0.25) is 5.02 Å². The average Bonchev–Trinajstić information content (AvgIpc) is 3.09. The highest BCUT2D eigenvalue weighted by Gasteiger charge is 2.17. The molecular formula is C16H17ClN4OS. The predicted octanol–water partition coefficient (Wildman–Crippen LogP) is 3.13. The third kappa shape index (κ3) is 3.10. The van der Waals surface area contributed by atoms with Crippen LogP contribution in [-0.4, -0.2) is 28.8 Å². The van der Waals surface area contributed by atoms with Crippen molar-refractivity contribution in [2.24, 2.45) is 5.73 Å². The molecule has 0 saturated heterocycles. The number of carbonyl (C=O) groups is 1. The number of rotatable bonds is 5. The first-order valence-electron chi connectivity index (χ1n) is 7.34. The fraction of sp³-hybridized carbons (Fsp3) is 0.250. The number of aromatic nitrogens is 2. The van der Waals surface area contributed by atoms with E-state index < -0.39 is 0 Å². The number of fused-ring (bicyclic) bond motifs is 1. The van der Waals surface area contributed by atoms with Gasteiger partial charge in [0, 0.05) is 11.9 Å². The van der Waals surface area contributed by atoms with E-state index in [9.17, 15) is 4.79 Å². The summed E-state index contributed by atoms with van der Waals surface area (Å²) in [4.78, 5) is 13.8. The van der Waals surface area contributed by atoms with E-state index >= 15 is 0 Å². The van der Waals surface area contributed by atoms with Crippen LogP contribution in [0.1, 0.15) is 21.8 Å². The molecule has 0 bridgehead atoms. The van der Waals surface area contributed by atoms with E-state index in [4.69, 9.17) is 17.3 Å². The maximum Gasteiger partial charge on any atom is 0.261 e. The Morgan fingerprint density at radius 2 is 2.22 bits per heavy atom. The van der Waals surface area contributed by atoms with Gasteiger partial charge in [-0.3, -0.25) is 4.79 Å². The second-order valence-electron chi connectivity index (χ2n) is 5.18. The van der Waals surface area contributed by atoms with Gasteiger partial charge in [0.05, 0.1) is 21.3 Å². The molecule has 1 amide bonds. The van der Waals surface area contributed by atoms with Crippen LogP contribution in [0.15, 0.2) is 30.3 Å². The number of hydrogen-bond acceptors (Lipinski definition) is 4. The van der Waals surface area contributed by atoms with Gasteiger partial charge in [-0.1, -0.05) is 23.7 Å². The molecule has 2 heterocycles. The number of hydrogen-bond donors (Lipinski definition) is 2. The number of carbonyl (C=O) groups excluding carboxylic acids is 1. The summed E-state index contributed by atoms with van der Waals surface area (Å²) in [6.07, 6.45) is 0.767. The van der Waals surface area contributed by atoms with Gasteiger partial charge >= 0.3 is 0 Å². The normalized spacial score (nSPS) is 11.1. The molecule has 0 fully saturated rings. The molecule has 5 nitrogen and oxygen atoms in total. The van der Waals surface area contributed by atoms with E-state index in [0.717, 1.165) is 28.0 Å². The molecule has 0 aliphatic carbocycles. The van der Waals surface area contributed by atoms with Gasteiger partial charge in [0.25, 0.3) is 5.91 Å². The van der Waals surface area contributed by atoms with E-state index in [2.05, 4.69) is 10.4 Å². The van der Waals surface area contributed by atoms with Crippen molar-refractivity contribution in [2.45, 2.75) is 13.3 Å². The van der Waals surface area contributed by atoms with Gasteiger partial charge in [-0.05, 0) is 38.1 Å². The van der Waals surface area contributed by atoms with Crippen LogP contribution in [0.5, 0.6) is 0 Å². The molecule has 0 unspecified atom stereocenters. The minimum absolute atomic E-state index is 0.0789. The molecule has 3 aromatic rings. The van der Waals surface area contributed by atoms with Crippen molar-refractivity contribution in [3.8, 4) is 5.69 Å². The van der Waals surface area contributed by atoms with Crippen LogP contribution in [-0.2, 0) is 0 Å². The van der Waals surface area contributed by atoms with Crippen molar-refractivity contribution in [1.82, 2.24) is 15.1 Å². The summed E-state index contributed by atoms with van der Waals surface area (Å²) >= 11 is 7.69. The van der Waals surface area contributed by atoms with Crippen LogP contribution in [0.25, 0.3) is 15.9 Å². The summed E-state index contributed by atoms with van der Waals surface area (Å²) in [5.74, 6) is -0.0789. The lowest BCUT2D eigenvalue weighted by atomic mass is 10.3. The Balaban J connectivity index is 1.99. The fourth-order valence-corrected chi connectivity index (χ4v) is 3.64. The molecule has 3 rings (SSSR count).